The van der Waals surface area contributed by atoms with Crippen molar-refractivity contribution in [3.63, 3.8) is 0 Å². The molecule has 0 radical (unpaired) electrons. The normalized spacial score (nSPS) is 16.2. The van der Waals surface area contributed by atoms with Gasteiger partial charge < -0.3 is 15.4 Å². The highest BCUT2D eigenvalue weighted by atomic mass is 35.5. The van der Waals surface area contributed by atoms with Crippen LogP contribution >= 0.6 is 11.6 Å². The zero-order valence-corrected chi connectivity index (χ0v) is 16.5. The molecule has 2 aromatic carbocycles. The maximum absolute atomic E-state index is 12.6. The lowest BCUT2D eigenvalue weighted by Gasteiger charge is -2.33. The second-order valence-corrected chi connectivity index (χ2v) is 7.75. The van der Waals surface area contributed by atoms with Crippen LogP contribution in [0.2, 0.25) is 5.02 Å². The summed E-state index contributed by atoms with van der Waals surface area (Å²) in [7, 11) is 0. The van der Waals surface area contributed by atoms with Gasteiger partial charge in [0.1, 0.15) is 12.4 Å². The Hall–Kier alpha value is -2.04. The van der Waals surface area contributed by atoms with Crippen LogP contribution in [-0.4, -0.2) is 29.9 Å². The summed E-state index contributed by atoms with van der Waals surface area (Å²) in [6.45, 7) is 4.13. The molecule has 5 heteroatoms. The van der Waals surface area contributed by atoms with Crippen molar-refractivity contribution < 1.29 is 9.53 Å². The average molecular weight is 387 g/mol. The lowest BCUT2D eigenvalue weighted by atomic mass is 9.91. The molecule has 2 N–H and O–H groups in total. The molecule has 0 aliphatic carbocycles. The van der Waals surface area contributed by atoms with Crippen molar-refractivity contribution in [3.05, 3.63) is 64.7 Å². The molecule has 1 aliphatic rings. The summed E-state index contributed by atoms with van der Waals surface area (Å²) in [5.74, 6) is 1.47. The van der Waals surface area contributed by atoms with Gasteiger partial charge in [0.15, 0.2) is 0 Å². The van der Waals surface area contributed by atoms with E-state index in [0.717, 1.165) is 42.8 Å². The molecule has 1 aliphatic heterocycles. The number of carbonyl (C=O) groups is 1. The molecule has 27 heavy (non-hydrogen) atoms. The molecule has 1 heterocycles. The van der Waals surface area contributed by atoms with Crippen LogP contribution < -0.4 is 10.5 Å². The topological polar surface area (TPSA) is 55.6 Å². The first-order valence-corrected chi connectivity index (χ1v) is 9.88. The Morgan fingerprint density at radius 2 is 1.89 bits per heavy atom. The second-order valence-electron chi connectivity index (χ2n) is 7.32. The van der Waals surface area contributed by atoms with Crippen molar-refractivity contribution in [2.45, 2.75) is 38.8 Å². The third kappa shape index (κ3) is 5.72. The van der Waals surface area contributed by atoms with Crippen LogP contribution in [0.5, 0.6) is 5.75 Å². The van der Waals surface area contributed by atoms with Crippen molar-refractivity contribution in [2.75, 3.05) is 13.1 Å². The van der Waals surface area contributed by atoms with E-state index in [4.69, 9.17) is 22.1 Å². The maximum Gasteiger partial charge on any atom is 0.226 e. The highest BCUT2D eigenvalue weighted by molar-refractivity contribution is 6.30. The van der Waals surface area contributed by atoms with Crippen LogP contribution in [0.25, 0.3) is 0 Å². The molecule has 3 rings (SSSR count). The van der Waals surface area contributed by atoms with Crippen LogP contribution in [0.3, 0.4) is 0 Å². The fraction of sp³-hybridized carbons (Fsp3) is 0.409. The van der Waals surface area contributed by atoms with E-state index in [1.165, 1.54) is 0 Å². The van der Waals surface area contributed by atoms with Crippen molar-refractivity contribution in [1.29, 1.82) is 0 Å². The lowest BCUT2D eigenvalue weighted by Crippen LogP contribution is -2.43. The molecule has 0 spiro atoms. The lowest BCUT2D eigenvalue weighted by molar-refractivity contribution is -0.131. The standard InChI is InChI=1S/C22H27ClN2O2/c1-16(24)19-9-11-25(12-10-19)22(26)14-18-3-2-4-21(13-18)27-15-17-5-7-20(23)8-6-17/h2-8,13,16,19H,9-12,14-15,24H2,1H3. The van der Waals surface area contributed by atoms with Crippen molar-refractivity contribution in [2.24, 2.45) is 11.7 Å². The van der Waals surface area contributed by atoms with Crippen LogP contribution in [0, 0.1) is 5.92 Å². The third-order valence-electron chi connectivity index (χ3n) is 5.21. The number of benzene rings is 2. The number of nitrogens with zero attached hydrogens (tertiary/aromatic N) is 1. The Balaban J connectivity index is 1.52. The highest BCUT2D eigenvalue weighted by Crippen LogP contribution is 2.21. The summed E-state index contributed by atoms with van der Waals surface area (Å²) in [5, 5.41) is 0.712. The zero-order chi connectivity index (χ0) is 19.2. The smallest absolute Gasteiger partial charge is 0.226 e. The summed E-state index contributed by atoms with van der Waals surface area (Å²) in [6.07, 6.45) is 2.39. The van der Waals surface area contributed by atoms with E-state index in [9.17, 15) is 4.79 Å². The third-order valence-corrected chi connectivity index (χ3v) is 5.46. The predicted molar refractivity (Wildman–Crippen MR) is 109 cm³/mol. The molecule has 2 aromatic rings. The van der Waals surface area contributed by atoms with Crippen molar-refractivity contribution in [1.82, 2.24) is 4.90 Å². The molecule has 0 bridgehead atoms. The van der Waals surface area contributed by atoms with Crippen LogP contribution in [-0.2, 0) is 17.8 Å². The number of piperidine rings is 1. The van der Waals surface area contributed by atoms with Crippen LogP contribution in [0.15, 0.2) is 48.5 Å². The minimum absolute atomic E-state index is 0.174. The van der Waals surface area contributed by atoms with E-state index in [1.807, 2.05) is 53.4 Å². The molecular formula is C22H27ClN2O2. The van der Waals surface area contributed by atoms with Crippen LogP contribution in [0.1, 0.15) is 30.9 Å². The monoisotopic (exact) mass is 386 g/mol. The highest BCUT2D eigenvalue weighted by Gasteiger charge is 2.24. The fourth-order valence-corrected chi connectivity index (χ4v) is 3.58. The number of ether oxygens (including phenoxy) is 1. The summed E-state index contributed by atoms with van der Waals surface area (Å²) < 4.78 is 5.86. The maximum atomic E-state index is 12.6. The van der Waals surface area contributed by atoms with Gasteiger partial charge >= 0.3 is 0 Å². The molecule has 1 atom stereocenters. The number of rotatable bonds is 6. The largest absolute Gasteiger partial charge is 0.489 e. The van der Waals surface area contributed by atoms with E-state index < -0.39 is 0 Å². The molecular weight excluding hydrogens is 360 g/mol. The number of likely N-dealkylation sites (tertiary alicyclic amines) is 1. The van der Waals surface area contributed by atoms with Gasteiger partial charge in [-0.1, -0.05) is 35.9 Å². The number of hydrogen-bond acceptors (Lipinski definition) is 3. The number of nitrogens with two attached hydrogens (primary N) is 1. The second kappa shape index (κ2) is 9.25. The molecule has 1 amide bonds. The minimum atomic E-state index is 0.174. The Labute approximate surface area is 166 Å². The average Bonchev–Trinajstić information content (AvgIpc) is 2.68. The van der Waals surface area contributed by atoms with Crippen LogP contribution in [0.4, 0.5) is 0 Å². The summed E-state index contributed by atoms with van der Waals surface area (Å²) in [4.78, 5) is 14.6. The fourth-order valence-electron chi connectivity index (χ4n) is 3.45. The van der Waals surface area contributed by atoms with Gasteiger partial charge in [-0.25, -0.2) is 0 Å². The molecule has 4 nitrogen and oxygen atoms in total. The van der Waals surface area contributed by atoms with E-state index >= 15 is 0 Å². The van der Waals surface area contributed by atoms with Gasteiger partial charge in [0.05, 0.1) is 6.42 Å². The van der Waals surface area contributed by atoms with Gasteiger partial charge in [0, 0.05) is 24.2 Å². The first-order valence-electron chi connectivity index (χ1n) is 9.51. The van der Waals surface area contributed by atoms with Gasteiger partial charge in [0.25, 0.3) is 0 Å². The Kier molecular flexibility index (Phi) is 6.75. The quantitative estimate of drug-likeness (QED) is 0.814. The number of carbonyl (C=O) groups excluding carboxylic acids is 1. The zero-order valence-electron chi connectivity index (χ0n) is 15.7. The number of hydrogen-bond donors (Lipinski definition) is 1. The predicted octanol–water partition coefficient (Wildman–Crippen LogP) is 4.05. The van der Waals surface area contributed by atoms with E-state index in [1.54, 1.807) is 0 Å². The van der Waals surface area contributed by atoms with Gasteiger partial charge in [0.2, 0.25) is 5.91 Å². The molecule has 0 aromatic heterocycles. The van der Waals surface area contributed by atoms with Gasteiger partial charge in [-0.05, 0) is 61.1 Å². The SMILES string of the molecule is CC(N)C1CCN(C(=O)Cc2cccc(OCc3ccc(Cl)cc3)c2)CC1. The van der Waals surface area contributed by atoms with Gasteiger partial charge in [-0.2, -0.15) is 0 Å². The van der Waals surface area contributed by atoms with E-state index in [0.29, 0.717) is 24.0 Å². The molecule has 1 unspecified atom stereocenters. The summed E-state index contributed by atoms with van der Waals surface area (Å²) >= 11 is 5.90. The Morgan fingerprint density at radius 1 is 1.19 bits per heavy atom. The van der Waals surface area contributed by atoms with Crippen molar-refractivity contribution >= 4 is 17.5 Å². The van der Waals surface area contributed by atoms with Gasteiger partial charge in [-0.3, -0.25) is 4.79 Å². The van der Waals surface area contributed by atoms with Gasteiger partial charge in [-0.15, -0.1) is 0 Å². The molecule has 144 valence electrons. The Morgan fingerprint density at radius 3 is 2.56 bits per heavy atom. The first kappa shape index (κ1) is 19.7. The van der Waals surface area contributed by atoms with Crippen molar-refractivity contribution in [3.8, 4) is 5.75 Å². The number of halogens is 1. The first-order chi connectivity index (χ1) is 13.0. The Bertz CT molecular complexity index is 753. The molecule has 1 fully saturated rings. The summed E-state index contributed by atoms with van der Waals surface area (Å²) in [6, 6.07) is 15.6. The molecule has 1 saturated heterocycles. The molecule has 0 saturated carbocycles. The summed E-state index contributed by atoms with van der Waals surface area (Å²) in [5.41, 5.74) is 8.01. The van der Waals surface area contributed by atoms with E-state index in [-0.39, 0.29) is 11.9 Å². The minimum Gasteiger partial charge on any atom is -0.489 e. The number of amides is 1. The van der Waals surface area contributed by atoms with E-state index in [2.05, 4.69) is 6.92 Å².